The third-order valence-corrected chi connectivity index (χ3v) is 4.03. The van der Waals surface area contributed by atoms with Gasteiger partial charge < -0.3 is 0 Å². The zero-order valence-corrected chi connectivity index (χ0v) is 12.4. The molecule has 0 bridgehead atoms. The van der Waals surface area contributed by atoms with Gasteiger partial charge in [-0.25, -0.2) is 4.98 Å². The lowest BCUT2D eigenvalue weighted by Crippen LogP contribution is -2.01. The van der Waals surface area contributed by atoms with Crippen LogP contribution in [0.4, 0.5) is 0 Å². The summed E-state index contributed by atoms with van der Waals surface area (Å²) in [6.07, 6.45) is 0.471. The van der Waals surface area contributed by atoms with Gasteiger partial charge in [0.15, 0.2) is 0 Å². The van der Waals surface area contributed by atoms with Crippen LogP contribution in [0.25, 0.3) is 10.2 Å². The van der Waals surface area contributed by atoms with E-state index in [0.29, 0.717) is 6.42 Å². The highest BCUT2D eigenvalue weighted by molar-refractivity contribution is 7.85. The van der Waals surface area contributed by atoms with Gasteiger partial charge in [-0.1, -0.05) is 18.5 Å². The molecule has 1 aromatic heterocycles. The minimum absolute atomic E-state index is 0.132. The zero-order valence-electron chi connectivity index (χ0n) is 10.1. The molecule has 2 aromatic rings. The number of aryl methyl sites for hydroxylation is 1. The smallest absolute Gasteiger partial charge is 0.264 e. The number of benzene rings is 1. The number of aromatic nitrogens is 1. The van der Waals surface area contributed by atoms with Crippen molar-refractivity contribution in [1.82, 2.24) is 4.98 Å². The van der Waals surface area contributed by atoms with E-state index in [1.165, 1.54) is 4.70 Å². The Kier molecular flexibility index (Phi) is 5.52. The molecule has 0 aliphatic carbocycles. The maximum absolute atomic E-state index is 9.79. The number of thiazole rings is 1. The molecule has 1 aromatic carbocycles. The number of fused-ring (bicyclic) bond motifs is 1. The van der Waals surface area contributed by atoms with E-state index >= 15 is 0 Å². The highest BCUT2D eigenvalue weighted by atomic mass is 35.5. The van der Waals surface area contributed by atoms with Crippen LogP contribution in [-0.4, -0.2) is 23.7 Å². The molecule has 0 radical (unpaired) electrons. The molecule has 4 nitrogen and oxygen atoms in total. The number of hydrogen-bond donors (Lipinski definition) is 1. The molecule has 7 heteroatoms. The number of rotatable bonds is 2. The quantitative estimate of drug-likeness (QED) is 0.862. The van der Waals surface area contributed by atoms with Crippen molar-refractivity contribution in [2.45, 2.75) is 20.3 Å². The highest BCUT2D eigenvalue weighted by Gasteiger charge is 1.99. The van der Waals surface area contributed by atoms with Gasteiger partial charge in [0, 0.05) is 5.02 Å². The third-order valence-electron chi connectivity index (χ3n) is 1.92. The van der Waals surface area contributed by atoms with Gasteiger partial charge in [-0.2, -0.15) is 8.42 Å². The Balaban J connectivity index is 0.000000203. The minimum Gasteiger partial charge on any atom is -0.286 e. The Morgan fingerprint density at radius 2 is 2.11 bits per heavy atom. The maximum Gasteiger partial charge on any atom is 0.264 e. The fraction of sp³-hybridized carbons (Fsp3) is 0.364. The van der Waals surface area contributed by atoms with Crippen molar-refractivity contribution in [2.75, 3.05) is 5.75 Å². The van der Waals surface area contributed by atoms with E-state index in [1.807, 2.05) is 25.1 Å². The van der Waals surface area contributed by atoms with Crippen molar-refractivity contribution in [2.24, 2.45) is 0 Å². The van der Waals surface area contributed by atoms with Crippen LogP contribution in [0.15, 0.2) is 18.2 Å². The maximum atomic E-state index is 9.79. The summed E-state index contributed by atoms with van der Waals surface area (Å²) < 4.78 is 28.8. The summed E-state index contributed by atoms with van der Waals surface area (Å²) in [6, 6.07) is 5.78. The Morgan fingerprint density at radius 3 is 2.61 bits per heavy atom. The second-order valence-corrected chi connectivity index (χ2v) is 6.87. The van der Waals surface area contributed by atoms with E-state index < -0.39 is 10.1 Å². The van der Waals surface area contributed by atoms with Crippen LogP contribution >= 0.6 is 22.9 Å². The molecule has 0 aliphatic heterocycles. The summed E-state index contributed by atoms with van der Waals surface area (Å²) in [5.74, 6) is -0.132. The van der Waals surface area contributed by atoms with Crippen molar-refractivity contribution in [3.8, 4) is 0 Å². The first-order chi connectivity index (χ1) is 8.31. The molecule has 18 heavy (non-hydrogen) atoms. The summed E-state index contributed by atoms with van der Waals surface area (Å²) >= 11 is 7.48. The van der Waals surface area contributed by atoms with Crippen LogP contribution in [0.1, 0.15) is 18.4 Å². The summed E-state index contributed by atoms with van der Waals surface area (Å²) in [5.41, 5.74) is 1.00. The number of nitrogens with zero attached hydrogens (tertiary/aromatic N) is 1. The largest absolute Gasteiger partial charge is 0.286 e. The van der Waals surface area contributed by atoms with E-state index in [2.05, 4.69) is 4.98 Å². The Bertz CT molecular complexity index is 622. The summed E-state index contributed by atoms with van der Waals surface area (Å²) in [7, 11) is -3.67. The molecule has 0 atom stereocenters. The molecule has 1 heterocycles. The van der Waals surface area contributed by atoms with E-state index in [0.717, 1.165) is 15.5 Å². The predicted molar refractivity (Wildman–Crippen MR) is 76.1 cm³/mol. The van der Waals surface area contributed by atoms with Gasteiger partial charge in [-0.15, -0.1) is 11.3 Å². The summed E-state index contributed by atoms with van der Waals surface area (Å²) in [6.45, 7) is 3.69. The average Bonchev–Trinajstić information content (AvgIpc) is 2.56. The lowest BCUT2D eigenvalue weighted by Gasteiger charge is -1.86. The molecule has 0 unspecified atom stereocenters. The molecular weight excluding hydrogens is 294 g/mol. The highest BCUT2D eigenvalue weighted by Crippen LogP contribution is 2.23. The van der Waals surface area contributed by atoms with Crippen LogP contribution in [0, 0.1) is 6.92 Å². The molecule has 0 fully saturated rings. The molecule has 100 valence electrons. The van der Waals surface area contributed by atoms with Gasteiger partial charge in [0.2, 0.25) is 0 Å². The normalized spacial score (nSPS) is 11.1. The van der Waals surface area contributed by atoms with E-state index in [1.54, 1.807) is 18.3 Å². The van der Waals surface area contributed by atoms with E-state index in [9.17, 15) is 8.42 Å². The molecular formula is C11H14ClNO3S2. The molecule has 0 saturated carbocycles. The SMILES string of the molecule is CCCS(=O)(=O)O.Cc1nc2cc(Cl)ccc2s1. The van der Waals surface area contributed by atoms with E-state index in [-0.39, 0.29) is 5.75 Å². The number of halogens is 1. The second-order valence-electron chi connectivity index (χ2n) is 3.63. The summed E-state index contributed by atoms with van der Waals surface area (Å²) in [5, 5.41) is 1.84. The van der Waals surface area contributed by atoms with Gasteiger partial charge in [0.05, 0.1) is 21.0 Å². The van der Waals surface area contributed by atoms with Gasteiger partial charge in [-0.3, -0.25) is 4.55 Å². The Hall–Kier alpha value is -0.690. The zero-order chi connectivity index (χ0) is 13.8. The van der Waals surface area contributed by atoms with Gasteiger partial charge in [0.25, 0.3) is 10.1 Å². The number of hydrogen-bond acceptors (Lipinski definition) is 4. The summed E-state index contributed by atoms with van der Waals surface area (Å²) in [4.78, 5) is 4.31. The molecule has 0 spiro atoms. The second kappa shape index (κ2) is 6.47. The van der Waals surface area contributed by atoms with Gasteiger partial charge in [0.1, 0.15) is 0 Å². The Morgan fingerprint density at radius 1 is 1.44 bits per heavy atom. The first-order valence-electron chi connectivity index (χ1n) is 5.29. The molecule has 0 saturated heterocycles. The monoisotopic (exact) mass is 307 g/mol. The standard InChI is InChI=1S/C8H6ClNS.C3H8O3S/c1-5-10-7-4-6(9)2-3-8(7)11-5;1-2-3-7(4,5)6/h2-4H,1H3;2-3H2,1H3,(H,4,5,6). The van der Waals surface area contributed by atoms with Crippen LogP contribution in [0.3, 0.4) is 0 Å². The lowest BCUT2D eigenvalue weighted by molar-refractivity contribution is 0.482. The van der Waals surface area contributed by atoms with Crippen LogP contribution < -0.4 is 0 Å². The van der Waals surface area contributed by atoms with Crippen molar-refractivity contribution >= 4 is 43.3 Å². The van der Waals surface area contributed by atoms with Crippen molar-refractivity contribution in [3.05, 3.63) is 28.2 Å². The predicted octanol–water partition coefficient (Wildman–Crippen LogP) is 3.54. The van der Waals surface area contributed by atoms with E-state index in [4.69, 9.17) is 16.2 Å². The van der Waals surface area contributed by atoms with Gasteiger partial charge in [-0.05, 0) is 31.5 Å². The first-order valence-corrected chi connectivity index (χ1v) is 8.10. The Labute approximate surface area is 115 Å². The molecule has 0 amide bonds. The van der Waals surface area contributed by atoms with Crippen LogP contribution in [-0.2, 0) is 10.1 Å². The fourth-order valence-electron chi connectivity index (χ4n) is 1.27. The van der Waals surface area contributed by atoms with Crippen molar-refractivity contribution in [3.63, 3.8) is 0 Å². The van der Waals surface area contributed by atoms with Gasteiger partial charge >= 0.3 is 0 Å². The topological polar surface area (TPSA) is 67.3 Å². The van der Waals surface area contributed by atoms with Crippen LogP contribution in [0.2, 0.25) is 5.02 Å². The molecule has 1 N–H and O–H groups in total. The molecule has 2 rings (SSSR count). The average molecular weight is 308 g/mol. The molecule has 0 aliphatic rings. The first kappa shape index (κ1) is 15.4. The van der Waals surface area contributed by atoms with Crippen LogP contribution in [0.5, 0.6) is 0 Å². The third kappa shape index (κ3) is 5.30. The lowest BCUT2D eigenvalue weighted by atomic mass is 10.3. The minimum atomic E-state index is -3.67. The van der Waals surface area contributed by atoms with Crippen molar-refractivity contribution in [1.29, 1.82) is 0 Å². The van der Waals surface area contributed by atoms with Crippen molar-refractivity contribution < 1.29 is 13.0 Å². The fourth-order valence-corrected chi connectivity index (χ4v) is 2.76.